The fourth-order valence-corrected chi connectivity index (χ4v) is 5.75. The van der Waals surface area contributed by atoms with Crippen LogP contribution in [-0.4, -0.2) is 16.5 Å². The number of hydrogen-bond acceptors (Lipinski definition) is 2. The van der Waals surface area contributed by atoms with Crippen LogP contribution in [-0.2, 0) is 4.79 Å². The molecule has 1 N–H and O–H groups in total. The Morgan fingerprint density at radius 2 is 2.00 bits per heavy atom. The van der Waals surface area contributed by atoms with Crippen molar-refractivity contribution in [2.24, 2.45) is 22.7 Å². The normalized spacial score (nSPS) is 49.9. The van der Waals surface area contributed by atoms with Gasteiger partial charge in [0.2, 0.25) is 0 Å². The maximum Gasteiger partial charge on any atom is 0.178 e. The van der Waals surface area contributed by atoms with E-state index in [9.17, 15) is 9.90 Å². The van der Waals surface area contributed by atoms with Crippen LogP contribution in [0.5, 0.6) is 0 Å². The highest BCUT2D eigenvalue weighted by atomic mass is 16.3. The van der Waals surface area contributed by atoms with Gasteiger partial charge in [-0.2, -0.15) is 0 Å². The molecule has 0 bridgehead atoms. The molecule has 5 atom stereocenters. The molecule has 0 spiro atoms. The molecule has 0 aromatic carbocycles. The van der Waals surface area contributed by atoms with E-state index in [1.54, 1.807) is 6.08 Å². The molecule has 4 aliphatic carbocycles. The lowest BCUT2D eigenvalue weighted by atomic mass is 9.52. The van der Waals surface area contributed by atoms with Gasteiger partial charge in [0, 0.05) is 10.8 Å². The number of rotatable bonds is 0. The zero-order valence-corrected chi connectivity index (χ0v) is 13.9. The Hall–Kier alpha value is -1.15. The first-order valence-corrected chi connectivity index (χ1v) is 8.65. The van der Waals surface area contributed by atoms with Gasteiger partial charge >= 0.3 is 0 Å². The lowest BCUT2D eigenvalue weighted by Crippen LogP contribution is -2.49. The SMILES string of the molecule is CC12C=CC(=O)C=C1CCC1C2=CCC2(C)C1CCC2(C)O. The van der Waals surface area contributed by atoms with Gasteiger partial charge in [-0.3, -0.25) is 4.79 Å². The first-order chi connectivity index (χ1) is 10.3. The minimum absolute atomic E-state index is 0.00689. The summed E-state index contributed by atoms with van der Waals surface area (Å²) < 4.78 is 0. The van der Waals surface area contributed by atoms with Crippen molar-refractivity contribution in [3.8, 4) is 0 Å². The van der Waals surface area contributed by atoms with Crippen molar-refractivity contribution in [3.63, 3.8) is 0 Å². The second-order valence-corrected chi connectivity index (χ2v) is 8.45. The van der Waals surface area contributed by atoms with E-state index in [-0.39, 0.29) is 16.6 Å². The van der Waals surface area contributed by atoms with Crippen LogP contribution in [0.4, 0.5) is 0 Å². The summed E-state index contributed by atoms with van der Waals surface area (Å²) in [6.07, 6.45) is 13.3. The molecule has 0 aromatic rings. The molecule has 2 saturated carbocycles. The molecule has 4 rings (SSSR count). The van der Waals surface area contributed by atoms with Crippen LogP contribution in [0.15, 0.2) is 35.5 Å². The fourth-order valence-electron chi connectivity index (χ4n) is 5.75. The van der Waals surface area contributed by atoms with Crippen LogP contribution in [0.3, 0.4) is 0 Å². The van der Waals surface area contributed by atoms with Gasteiger partial charge in [0.15, 0.2) is 5.78 Å². The molecule has 4 aliphatic rings. The Labute approximate surface area is 133 Å². The molecule has 5 unspecified atom stereocenters. The van der Waals surface area contributed by atoms with Crippen molar-refractivity contribution in [1.29, 1.82) is 0 Å². The van der Waals surface area contributed by atoms with E-state index < -0.39 is 5.60 Å². The van der Waals surface area contributed by atoms with Gasteiger partial charge in [0.1, 0.15) is 0 Å². The van der Waals surface area contributed by atoms with Crippen molar-refractivity contribution >= 4 is 5.78 Å². The van der Waals surface area contributed by atoms with E-state index in [1.165, 1.54) is 11.1 Å². The second kappa shape index (κ2) is 4.23. The maximum absolute atomic E-state index is 11.7. The number of carbonyl (C=O) groups is 1. The quantitative estimate of drug-likeness (QED) is 0.687. The highest BCUT2D eigenvalue weighted by Crippen LogP contribution is 2.64. The fraction of sp³-hybridized carbons (Fsp3) is 0.650. The average molecular weight is 298 g/mol. The number of allylic oxidation sites excluding steroid dienone is 6. The molecule has 2 nitrogen and oxygen atoms in total. The van der Waals surface area contributed by atoms with E-state index in [2.05, 4.69) is 26.0 Å². The third-order valence-corrected chi connectivity index (χ3v) is 7.51. The van der Waals surface area contributed by atoms with Gasteiger partial charge in [0.25, 0.3) is 0 Å². The van der Waals surface area contributed by atoms with E-state index in [4.69, 9.17) is 0 Å². The second-order valence-electron chi connectivity index (χ2n) is 8.45. The molecule has 22 heavy (non-hydrogen) atoms. The molecule has 0 aromatic heterocycles. The number of fused-ring (bicyclic) bond motifs is 5. The third kappa shape index (κ3) is 1.62. The van der Waals surface area contributed by atoms with Crippen LogP contribution in [0.2, 0.25) is 0 Å². The number of ketones is 1. The van der Waals surface area contributed by atoms with Crippen LogP contribution in [0.25, 0.3) is 0 Å². The average Bonchev–Trinajstić information content (AvgIpc) is 2.70. The molecule has 0 amide bonds. The molecule has 118 valence electrons. The first-order valence-electron chi connectivity index (χ1n) is 8.65. The Kier molecular flexibility index (Phi) is 2.77. The first kappa shape index (κ1) is 14.4. The van der Waals surface area contributed by atoms with Crippen LogP contribution < -0.4 is 0 Å². The highest BCUT2D eigenvalue weighted by Gasteiger charge is 2.59. The van der Waals surface area contributed by atoms with Crippen molar-refractivity contribution in [3.05, 3.63) is 35.5 Å². The van der Waals surface area contributed by atoms with Crippen LogP contribution >= 0.6 is 0 Å². The minimum atomic E-state index is -0.547. The number of carbonyl (C=O) groups excluding carboxylic acids is 1. The Morgan fingerprint density at radius 1 is 1.23 bits per heavy atom. The molecule has 0 radical (unpaired) electrons. The van der Waals surface area contributed by atoms with E-state index in [0.717, 1.165) is 32.1 Å². The van der Waals surface area contributed by atoms with Crippen LogP contribution in [0, 0.1) is 22.7 Å². The van der Waals surface area contributed by atoms with Gasteiger partial charge in [-0.1, -0.05) is 30.2 Å². The molecule has 0 aliphatic heterocycles. The summed E-state index contributed by atoms with van der Waals surface area (Å²) in [7, 11) is 0. The van der Waals surface area contributed by atoms with Gasteiger partial charge in [-0.05, 0) is 69.9 Å². The molecule has 0 heterocycles. The Balaban J connectivity index is 1.79. The van der Waals surface area contributed by atoms with Gasteiger partial charge in [-0.25, -0.2) is 0 Å². The smallest absolute Gasteiger partial charge is 0.178 e. The third-order valence-electron chi connectivity index (χ3n) is 7.51. The molecular formula is C20H26O2. The zero-order valence-electron chi connectivity index (χ0n) is 13.9. The van der Waals surface area contributed by atoms with E-state index >= 15 is 0 Å². The summed E-state index contributed by atoms with van der Waals surface area (Å²) >= 11 is 0. The largest absolute Gasteiger partial charge is 0.390 e. The summed E-state index contributed by atoms with van der Waals surface area (Å²) in [5.74, 6) is 1.27. The highest BCUT2D eigenvalue weighted by molar-refractivity contribution is 6.01. The predicted molar refractivity (Wildman–Crippen MR) is 87.2 cm³/mol. The van der Waals surface area contributed by atoms with E-state index in [1.807, 2.05) is 13.0 Å². The Morgan fingerprint density at radius 3 is 2.77 bits per heavy atom. The zero-order chi connectivity index (χ0) is 15.8. The van der Waals surface area contributed by atoms with Crippen LogP contribution in [0.1, 0.15) is 52.9 Å². The maximum atomic E-state index is 11.7. The van der Waals surface area contributed by atoms with E-state index in [0.29, 0.717) is 11.8 Å². The number of hydrogen-bond donors (Lipinski definition) is 1. The monoisotopic (exact) mass is 298 g/mol. The summed E-state index contributed by atoms with van der Waals surface area (Å²) in [4.78, 5) is 11.7. The molecular weight excluding hydrogens is 272 g/mol. The van der Waals surface area contributed by atoms with Crippen molar-refractivity contribution in [1.82, 2.24) is 0 Å². The lowest BCUT2D eigenvalue weighted by Gasteiger charge is -2.53. The summed E-state index contributed by atoms with van der Waals surface area (Å²) in [6, 6.07) is 0. The van der Waals surface area contributed by atoms with Crippen molar-refractivity contribution in [2.45, 2.75) is 58.5 Å². The van der Waals surface area contributed by atoms with Gasteiger partial charge < -0.3 is 5.11 Å². The van der Waals surface area contributed by atoms with Crippen molar-refractivity contribution in [2.75, 3.05) is 0 Å². The summed E-state index contributed by atoms with van der Waals surface area (Å²) in [6.45, 7) is 6.59. The van der Waals surface area contributed by atoms with Gasteiger partial charge in [-0.15, -0.1) is 0 Å². The summed E-state index contributed by atoms with van der Waals surface area (Å²) in [5.41, 5.74) is 2.19. The molecule has 2 heteroatoms. The summed E-state index contributed by atoms with van der Waals surface area (Å²) in [5, 5.41) is 10.9. The minimum Gasteiger partial charge on any atom is -0.390 e. The molecule has 2 fully saturated rings. The standard InChI is InChI=1S/C20H26O2/c1-18-9-6-14(21)12-13(18)4-5-15-16(18)7-10-19(2)17(15)8-11-20(19,3)22/h6-7,9,12,15,17,22H,4-5,8,10-11H2,1-3H3. The Bertz CT molecular complexity index is 636. The topological polar surface area (TPSA) is 37.3 Å². The lowest BCUT2D eigenvalue weighted by molar-refractivity contribution is -0.110. The predicted octanol–water partition coefficient (Wildman–Crippen LogP) is 3.97. The van der Waals surface area contributed by atoms with Crippen molar-refractivity contribution < 1.29 is 9.90 Å². The molecule has 0 saturated heterocycles. The van der Waals surface area contributed by atoms with Gasteiger partial charge in [0.05, 0.1) is 5.60 Å². The number of aliphatic hydroxyl groups is 1.